The Morgan fingerprint density at radius 2 is 1.27 bits per heavy atom. The van der Waals surface area contributed by atoms with Crippen LogP contribution in [0.25, 0.3) is 21.5 Å². The van der Waals surface area contributed by atoms with Crippen LogP contribution in [0.4, 0.5) is 0 Å². The van der Waals surface area contributed by atoms with Gasteiger partial charge >= 0.3 is 0 Å². The molecule has 4 atom stereocenters. The van der Waals surface area contributed by atoms with Crippen LogP contribution in [0.3, 0.4) is 0 Å². The van der Waals surface area contributed by atoms with Gasteiger partial charge in [-0.15, -0.1) is 8.58 Å². The molecule has 1 aliphatic rings. The first-order valence-electron chi connectivity index (χ1n) is 11.2. The van der Waals surface area contributed by atoms with Crippen LogP contribution in [0.2, 0.25) is 0 Å². The van der Waals surface area contributed by atoms with Crippen molar-refractivity contribution in [1.82, 2.24) is 0 Å². The zero-order chi connectivity index (χ0) is 20.5. The van der Waals surface area contributed by atoms with Crippen molar-refractivity contribution in [2.45, 2.75) is 37.5 Å². The van der Waals surface area contributed by atoms with Crippen molar-refractivity contribution in [3.63, 3.8) is 0 Å². The van der Waals surface area contributed by atoms with Crippen molar-refractivity contribution >= 4 is 48.7 Å². The third kappa shape index (κ3) is 3.60. The molecule has 0 aromatic heterocycles. The van der Waals surface area contributed by atoms with Gasteiger partial charge in [-0.25, -0.2) is 0 Å². The zero-order valence-electron chi connectivity index (χ0n) is 17.9. The summed E-state index contributed by atoms with van der Waals surface area (Å²) in [6, 6.07) is 32.0. The van der Waals surface area contributed by atoms with E-state index >= 15 is 0 Å². The summed E-state index contributed by atoms with van der Waals surface area (Å²) in [6.45, 7) is 4.90. The summed E-state index contributed by atoms with van der Waals surface area (Å²) in [6.07, 6.45) is 4.16. The molecule has 1 fully saturated rings. The minimum Gasteiger partial charge on any atom is -0.122 e. The van der Waals surface area contributed by atoms with Crippen LogP contribution in [0, 0.1) is 5.92 Å². The second-order valence-corrected chi connectivity index (χ2v) is 12.5. The lowest BCUT2D eigenvalue weighted by atomic mass is 10.0. The number of hydrogen-bond acceptors (Lipinski definition) is 0. The van der Waals surface area contributed by atoms with Gasteiger partial charge in [-0.1, -0.05) is 98.3 Å². The first-order chi connectivity index (χ1) is 14.8. The van der Waals surface area contributed by atoms with Crippen LogP contribution in [-0.2, 0) is 0 Å². The summed E-state index contributed by atoms with van der Waals surface area (Å²) in [7, 11) is 0.608. The van der Waals surface area contributed by atoms with E-state index < -0.39 is 7.92 Å². The predicted octanol–water partition coefficient (Wildman–Crippen LogP) is 7.29. The number of rotatable bonds is 5. The monoisotopic (exact) mass is 428 g/mol. The van der Waals surface area contributed by atoms with Gasteiger partial charge in [0.2, 0.25) is 0 Å². The molecule has 4 aromatic carbocycles. The minimum atomic E-state index is -0.425. The van der Waals surface area contributed by atoms with Gasteiger partial charge < -0.3 is 0 Å². The van der Waals surface area contributed by atoms with E-state index in [2.05, 4.69) is 98.5 Å². The summed E-state index contributed by atoms with van der Waals surface area (Å²) < 4.78 is 0. The van der Waals surface area contributed by atoms with Crippen LogP contribution in [0.15, 0.2) is 84.9 Å². The fourth-order valence-electron chi connectivity index (χ4n) is 5.41. The maximum absolute atomic E-state index is 2.50. The first-order valence-corrected chi connectivity index (χ1v) is 14.2. The third-order valence-electron chi connectivity index (χ3n) is 7.01. The molecular formula is C28H30P2. The Balaban J connectivity index is 1.76. The molecule has 0 spiro atoms. The fourth-order valence-corrected chi connectivity index (χ4v) is 10.0. The van der Waals surface area contributed by atoms with Gasteiger partial charge in [-0.2, -0.15) is 0 Å². The summed E-state index contributed by atoms with van der Waals surface area (Å²) in [5.41, 5.74) is 1.60. The van der Waals surface area contributed by atoms with Crippen molar-refractivity contribution in [3.05, 3.63) is 84.9 Å². The van der Waals surface area contributed by atoms with Gasteiger partial charge in [-0.3, -0.25) is 0 Å². The molecule has 0 heterocycles. The molecule has 30 heavy (non-hydrogen) atoms. The molecular weight excluding hydrogens is 398 g/mol. The highest BCUT2D eigenvalue weighted by molar-refractivity contribution is 7.74. The summed E-state index contributed by atoms with van der Waals surface area (Å²) >= 11 is 0. The van der Waals surface area contributed by atoms with Crippen LogP contribution >= 0.6 is 16.5 Å². The molecule has 1 aliphatic carbocycles. The number of benzene rings is 4. The van der Waals surface area contributed by atoms with E-state index in [9.17, 15) is 0 Å². The molecule has 0 radical (unpaired) electrons. The number of hydrogen-bond donors (Lipinski definition) is 0. The van der Waals surface area contributed by atoms with Gasteiger partial charge in [0.1, 0.15) is 0 Å². The Labute approximate surface area is 183 Å². The molecule has 152 valence electrons. The highest BCUT2D eigenvalue weighted by Gasteiger charge is 2.38. The second-order valence-electron chi connectivity index (χ2n) is 8.61. The van der Waals surface area contributed by atoms with Crippen molar-refractivity contribution in [1.29, 1.82) is 0 Å². The van der Waals surface area contributed by atoms with E-state index in [0.717, 1.165) is 25.8 Å². The van der Waals surface area contributed by atoms with Gasteiger partial charge in [0.25, 0.3) is 0 Å². The Bertz CT molecular complexity index is 1080. The maximum Gasteiger partial charge on any atom is -0.00942 e. The average Bonchev–Trinajstić information content (AvgIpc) is 3.28. The van der Waals surface area contributed by atoms with E-state index in [0.29, 0.717) is 0 Å². The van der Waals surface area contributed by atoms with Crippen molar-refractivity contribution < 1.29 is 0 Å². The van der Waals surface area contributed by atoms with Crippen molar-refractivity contribution in [2.75, 3.05) is 6.66 Å². The molecule has 5 rings (SSSR count). The molecule has 0 saturated heterocycles. The van der Waals surface area contributed by atoms with Gasteiger partial charge in [0.15, 0.2) is 0 Å². The average molecular weight is 428 g/mol. The Kier molecular flexibility index (Phi) is 5.91. The lowest BCUT2D eigenvalue weighted by molar-refractivity contribution is 0.550. The molecule has 0 nitrogen and oxygen atoms in total. The highest BCUT2D eigenvalue weighted by Crippen LogP contribution is 2.54. The summed E-state index contributed by atoms with van der Waals surface area (Å²) in [5, 5.41) is 8.84. The first kappa shape index (κ1) is 20.2. The Morgan fingerprint density at radius 3 is 1.83 bits per heavy atom. The van der Waals surface area contributed by atoms with Crippen LogP contribution in [-0.4, -0.2) is 18.0 Å². The zero-order valence-corrected chi connectivity index (χ0v) is 19.8. The molecule has 1 saturated carbocycles. The molecule has 0 N–H and O–H groups in total. The molecule has 2 heteroatoms. The van der Waals surface area contributed by atoms with E-state index in [1.807, 2.05) is 0 Å². The smallest absolute Gasteiger partial charge is 0.00942 e. The van der Waals surface area contributed by atoms with Crippen LogP contribution in [0.1, 0.15) is 26.2 Å². The van der Waals surface area contributed by atoms with Crippen molar-refractivity contribution in [2.24, 2.45) is 5.92 Å². The highest BCUT2D eigenvalue weighted by atomic mass is 31.1. The largest absolute Gasteiger partial charge is 0.122 e. The quantitative estimate of drug-likeness (QED) is 0.293. The van der Waals surface area contributed by atoms with Crippen LogP contribution < -0.4 is 10.6 Å². The third-order valence-corrected chi connectivity index (χ3v) is 11.5. The van der Waals surface area contributed by atoms with E-state index in [1.165, 1.54) is 40.8 Å². The van der Waals surface area contributed by atoms with E-state index in [4.69, 9.17) is 0 Å². The van der Waals surface area contributed by atoms with Crippen LogP contribution in [0.5, 0.6) is 0 Å². The Hall–Kier alpha value is -1.74. The molecule has 0 aliphatic heterocycles. The lowest BCUT2D eigenvalue weighted by Gasteiger charge is -2.34. The normalized spacial score (nSPS) is 20.6. The molecule has 0 bridgehead atoms. The van der Waals surface area contributed by atoms with Crippen molar-refractivity contribution in [3.8, 4) is 0 Å². The molecule has 0 amide bonds. The standard InChI is InChI=1S/C28H30P2/c1-20(29-2)23-16-9-19-26(23)30(27-17-7-12-21-10-3-5-14-24(21)27)28-18-8-13-22-11-4-6-15-25(22)28/h3-8,10-15,17-18,20,23,26,29H,9,16,19H2,1-2H3/t20-,23?,26?/m1/s1. The van der Waals surface area contributed by atoms with Gasteiger partial charge in [0.05, 0.1) is 0 Å². The van der Waals surface area contributed by atoms with E-state index in [1.54, 1.807) is 10.6 Å². The topological polar surface area (TPSA) is 0 Å². The predicted molar refractivity (Wildman–Crippen MR) is 139 cm³/mol. The SMILES string of the molecule is CP[C@H](C)C1CCCC1P(c1cccc2ccccc12)c1cccc2ccccc12. The van der Waals surface area contributed by atoms with Gasteiger partial charge in [0, 0.05) is 0 Å². The maximum atomic E-state index is 2.50. The summed E-state index contributed by atoms with van der Waals surface area (Å²) in [5.74, 6) is 0.845. The van der Waals surface area contributed by atoms with E-state index in [-0.39, 0.29) is 0 Å². The lowest BCUT2D eigenvalue weighted by Crippen LogP contribution is -2.29. The molecule has 3 unspecified atom stereocenters. The van der Waals surface area contributed by atoms with Gasteiger partial charge in [-0.05, 0) is 76.8 Å². The number of fused-ring (bicyclic) bond motifs is 2. The summed E-state index contributed by atoms with van der Waals surface area (Å²) in [4.78, 5) is 0. The minimum absolute atomic E-state index is 0.425. The second kappa shape index (κ2) is 8.78. The molecule has 4 aromatic rings. The Morgan fingerprint density at radius 1 is 0.733 bits per heavy atom. The fraction of sp³-hybridized carbons (Fsp3) is 0.286.